The monoisotopic (exact) mass is 544 g/mol. The lowest BCUT2D eigenvalue weighted by atomic mass is 9.34. The molecule has 0 aromatic rings. The van der Waals surface area contributed by atoms with Crippen molar-refractivity contribution in [1.82, 2.24) is 0 Å². The molecule has 3 N–H and O–H groups in total. The first kappa shape index (κ1) is 30.3. The Labute approximate surface area is 241 Å². The molecule has 0 aromatic heterocycles. The van der Waals surface area contributed by atoms with E-state index in [1.165, 1.54) is 64.2 Å². The number of hydrogen-bond acceptors (Lipinski definition) is 3. The second kappa shape index (κ2) is 10.9. The van der Waals surface area contributed by atoms with Gasteiger partial charge in [-0.15, -0.1) is 0 Å². The van der Waals surface area contributed by atoms with Gasteiger partial charge < -0.3 is 15.3 Å². The molecule has 3 nitrogen and oxygen atoms in total. The summed E-state index contributed by atoms with van der Waals surface area (Å²) in [5.74, 6) is 4.96. The van der Waals surface area contributed by atoms with Gasteiger partial charge in [0.2, 0.25) is 0 Å². The number of rotatable bonds is 5. The molecule has 5 saturated carbocycles. The van der Waals surface area contributed by atoms with Gasteiger partial charge in [-0.3, -0.25) is 0 Å². The van der Waals surface area contributed by atoms with Crippen LogP contribution in [0, 0.1) is 75.4 Å². The largest absolute Gasteiger partial charge is 0.393 e. The van der Waals surface area contributed by atoms with Crippen molar-refractivity contribution in [3.05, 3.63) is 0 Å². The van der Waals surface area contributed by atoms with E-state index in [-0.39, 0.29) is 40.1 Å². The van der Waals surface area contributed by atoms with E-state index in [0.29, 0.717) is 23.7 Å². The van der Waals surface area contributed by atoms with Crippen molar-refractivity contribution in [3.8, 4) is 0 Å². The minimum absolute atomic E-state index is 0.0162. The van der Waals surface area contributed by atoms with E-state index in [1.807, 2.05) is 6.92 Å². The molecular formula is C36H64O3. The smallest absolute Gasteiger partial charge is 0.0656 e. The predicted molar refractivity (Wildman–Crippen MR) is 161 cm³/mol. The van der Waals surface area contributed by atoms with Crippen LogP contribution in [-0.2, 0) is 0 Å². The van der Waals surface area contributed by atoms with Crippen LogP contribution in [0.15, 0.2) is 0 Å². The number of hydrogen-bond donors (Lipinski definition) is 3. The van der Waals surface area contributed by atoms with E-state index >= 15 is 0 Å². The van der Waals surface area contributed by atoms with E-state index in [9.17, 15) is 15.3 Å². The molecule has 3 heteroatoms. The lowest BCUT2D eigenvalue weighted by Gasteiger charge is -2.72. The summed E-state index contributed by atoms with van der Waals surface area (Å²) in [4.78, 5) is 0. The van der Waals surface area contributed by atoms with Crippen molar-refractivity contribution >= 4 is 0 Å². The molecule has 0 heterocycles. The fourth-order valence-electron chi connectivity index (χ4n) is 12.8. The fraction of sp³-hybridized carbons (Fsp3) is 1.00. The van der Waals surface area contributed by atoms with E-state index in [4.69, 9.17) is 0 Å². The quantitative estimate of drug-likeness (QED) is 0.328. The molecule has 5 aliphatic carbocycles. The van der Waals surface area contributed by atoms with Crippen molar-refractivity contribution in [3.63, 3.8) is 0 Å². The fourth-order valence-corrected chi connectivity index (χ4v) is 12.8. The SMILES string of the molecule is CC1CCC(CCCC2CCC(C)C3C(O)C4C(C)C5(C)C(O)C(C(C)O)C(C)CC5(C)CC4(C)CC23)CC1. The number of fused-ring (bicyclic) bond motifs is 3. The molecule has 5 fully saturated rings. The minimum atomic E-state index is -0.532. The van der Waals surface area contributed by atoms with Crippen molar-refractivity contribution in [2.75, 3.05) is 0 Å². The molecule has 0 aromatic carbocycles. The Kier molecular flexibility index (Phi) is 8.45. The topological polar surface area (TPSA) is 60.7 Å². The van der Waals surface area contributed by atoms with E-state index < -0.39 is 12.2 Å². The zero-order valence-corrected chi connectivity index (χ0v) is 26.8. The molecular weight excluding hydrogens is 480 g/mol. The molecule has 0 radical (unpaired) electrons. The van der Waals surface area contributed by atoms with Gasteiger partial charge >= 0.3 is 0 Å². The Bertz CT molecular complexity index is 848. The molecule has 0 aliphatic heterocycles. The van der Waals surface area contributed by atoms with Crippen LogP contribution in [0.3, 0.4) is 0 Å². The summed E-state index contributed by atoms with van der Waals surface area (Å²) >= 11 is 0. The highest BCUT2D eigenvalue weighted by Crippen LogP contribution is 2.73. The van der Waals surface area contributed by atoms with Crippen LogP contribution < -0.4 is 0 Å². The molecule has 5 aliphatic rings. The summed E-state index contributed by atoms with van der Waals surface area (Å²) in [7, 11) is 0. The zero-order valence-electron chi connectivity index (χ0n) is 26.8. The average Bonchev–Trinajstić information content (AvgIpc) is 2.83. The van der Waals surface area contributed by atoms with Gasteiger partial charge in [0.05, 0.1) is 18.3 Å². The molecule has 0 amide bonds. The van der Waals surface area contributed by atoms with Gasteiger partial charge in [0.25, 0.3) is 0 Å². The van der Waals surface area contributed by atoms with Gasteiger partial charge in [-0.1, -0.05) is 99.8 Å². The van der Waals surface area contributed by atoms with Crippen molar-refractivity contribution in [2.24, 2.45) is 75.4 Å². The third kappa shape index (κ3) is 4.89. The van der Waals surface area contributed by atoms with Crippen LogP contribution in [0.5, 0.6) is 0 Å². The Morgan fingerprint density at radius 2 is 1.49 bits per heavy atom. The first-order valence-electron chi connectivity index (χ1n) is 17.3. The first-order chi connectivity index (χ1) is 18.2. The maximum atomic E-state index is 12.3. The standard InChI is InChI=1S/C36H64O3/c1-21-12-15-26(16-13-21)10-9-11-27-17-14-22(2)30-28(27)19-34(6)20-35(7)18-23(3)29(25(5)37)33(39)36(35,8)24(4)31(34)32(30)38/h21-33,37-39H,9-20H2,1-8H3. The van der Waals surface area contributed by atoms with Crippen LogP contribution in [0.4, 0.5) is 0 Å². The van der Waals surface area contributed by atoms with E-state index in [2.05, 4.69) is 48.5 Å². The Morgan fingerprint density at radius 1 is 0.821 bits per heavy atom. The number of aliphatic hydroxyl groups excluding tert-OH is 3. The van der Waals surface area contributed by atoms with Gasteiger partial charge in [0.1, 0.15) is 0 Å². The Morgan fingerprint density at radius 3 is 2.13 bits per heavy atom. The average molecular weight is 545 g/mol. The molecule has 226 valence electrons. The number of aliphatic hydroxyl groups is 3. The van der Waals surface area contributed by atoms with Gasteiger partial charge in [-0.25, -0.2) is 0 Å². The maximum Gasteiger partial charge on any atom is 0.0656 e. The first-order valence-corrected chi connectivity index (χ1v) is 17.3. The van der Waals surface area contributed by atoms with Gasteiger partial charge in [-0.2, -0.15) is 0 Å². The van der Waals surface area contributed by atoms with Crippen molar-refractivity contribution < 1.29 is 15.3 Å². The minimum Gasteiger partial charge on any atom is -0.393 e. The molecule has 0 spiro atoms. The Balaban J connectivity index is 1.37. The highest BCUT2D eigenvalue weighted by molar-refractivity contribution is 5.18. The molecule has 14 atom stereocenters. The lowest BCUT2D eigenvalue weighted by molar-refractivity contribution is -0.279. The summed E-state index contributed by atoms with van der Waals surface area (Å²) in [6.45, 7) is 18.6. The predicted octanol–water partition coefficient (Wildman–Crippen LogP) is 8.10. The third-order valence-electron chi connectivity index (χ3n) is 14.9. The van der Waals surface area contributed by atoms with E-state index in [1.54, 1.807) is 0 Å². The molecule has 14 unspecified atom stereocenters. The molecule has 39 heavy (non-hydrogen) atoms. The highest BCUT2D eigenvalue weighted by Gasteiger charge is 2.70. The molecule has 0 bridgehead atoms. The highest BCUT2D eigenvalue weighted by atomic mass is 16.3. The maximum absolute atomic E-state index is 12.3. The van der Waals surface area contributed by atoms with Crippen LogP contribution in [0.2, 0.25) is 0 Å². The van der Waals surface area contributed by atoms with Crippen LogP contribution in [-0.4, -0.2) is 33.6 Å². The van der Waals surface area contributed by atoms with Crippen LogP contribution in [0.1, 0.15) is 132 Å². The van der Waals surface area contributed by atoms with Crippen molar-refractivity contribution in [1.29, 1.82) is 0 Å². The normalized spacial score (nSPS) is 56.7. The summed E-state index contributed by atoms with van der Waals surface area (Å²) in [5.41, 5.74) is -0.170. The van der Waals surface area contributed by atoms with Crippen molar-refractivity contribution in [2.45, 2.75) is 151 Å². The zero-order chi connectivity index (χ0) is 28.5. The van der Waals surface area contributed by atoms with Gasteiger partial charge in [0.15, 0.2) is 0 Å². The molecule has 0 saturated heterocycles. The Hall–Kier alpha value is -0.120. The second-order valence-corrected chi connectivity index (χ2v) is 17.2. The summed E-state index contributed by atoms with van der Waals surface area (Å²) in [5, 5.41) is 35.0. The second-order valence-electron chi connectivity index (χ2n) is 17.2. The van der Waals surface area contributed by atoms with Gasteiger partial charge in [-0.05, 0) is 96.7 Å². The van der Waals surface area contributed by atoms with E-state index in [0.717, 1.165) is 30.6 Å². The van der Waals surface area contributed by atoms with Crippen LogP contribution in [0.25, 0.3) is 0 Å². The van der Waals surface area contributed by atoms with Gasteiger partial charge in [0, 0.05) is 11.3 Å². The lowest BCUT2D eigenvalue weighted by Crippen LogP contribution is -2.70. The third-order valence-corrected chi connectivity index (χ3v) is 14.9. The summed E-state index contributed by atoms with van der Waals surface area (Å²) in [6, 6.07) is 0. The van der Waals surface area contributed by atoms with Crippen LogP contribution >= 0.6 is 0 Å². The summed E-state index contributed by atoms with van der Waals surface area (Å²) in [6.07, 6.45) is 14.7. The summed E-state index contributed by atoms with van der Waals surface area (Å²) < 4.78 is 0. The molecule has 5 rings (SSSR count).